The fourth-order valence-electron chi connectivity index (χ4n) is 2.08. The lowest BCUT2D eigenvalue weighted by atomic mass is 9.94. The predicted octanol–water partition coefficient (Wildman–Crippen LogP) is 4.29. The van der Waals surface area contributed by atoms with E-state index < -0.39 is 5.41 Å². The zero-order valence-corrected chi connectivity index (χ0v) is 14.7. The highest BCUT2D eigenvalue weighted by atomic mass is 32.1. The highest BCUT2D eigenvalue weighted by molar-refractivity contribution is 7.13. The van der Waals surface area contributed by atoms with Crippen LogP contribution in [0.15, 0.2) is 29.6 Å². The molecule has 2 rings (SSSR count). The van der Waals surface area contributed by atoms with E-state index in [0.29, 0.717) is 12.2 Å². The van der Waals surface area contributed by atoms with Crippen molar-refractivity contribution in [3.63, 3.8) is 0 Å². The molecule has 2 aromatic rings. The van der Waals surface area contributed by atoms with Crippen LogP contribution in [0, 0.1) is 11.2 Å². The number of carbonyl (C=O) groups is 1. The molecule has 124 valence electrons. The number of hydrogen-bond donors (Lipinski definition) is 1. The van der Waals surface area contributed by atoms with E-state index in [-0.39, 0.29) is 11.7 Å². The quantitative estimate of drug-likeness (QED) is 0.886. The van der Waals surface area contributed by atoms with Gasteiger partial charge in [-0.3, -0.25) is 4.79 Å². The van der Waals surface area contributed by atoms with Gasteiger partial charge >= 0.3 is 0 Å². The third-order valence-electron chi connectivity index (χ3n) is 3.22. The Morgan fingerprint density at radius 3 is 2.52 bits per heavy atom. The second-order valence-electron chi connectivity index (χ2n) is 6.29. The molecular weight excluding hydrogens is 313 g/mol. The van der Waals surface area contributed by atoms with Gasteiger partial charge < -0.3 is 10.2 Å². The first-order chi connectivity index (χ1) is 10.8. The lowest BCUT2D eigenvalue weighted by molar-refractivity contribution is -0.125. The molecular formula is C17H22FN3OS. The van der Waals surface area contributed by atoms with Crippen molar-refractivity contribution in [1.29, 1.82) is 0 Å². The Morgan fingerprint density at radius 2 is 1.96 bits per heavy atom. The summed E-state index contributed by atoms with van der Waals surface area (Å²) in [5.41, 5.74) is 0.951. The second-order valence-corrected chi connectivity index (χ2v) is 7.15. The number of hydrogen-bond acceptors (Lipinski definition) is 4. The number of benzene rings is 1. The van der Waals surface area contributed by atoms with Gasteiger partial charge in [-0.2, -0.15) is 0 Å². The molecule has 0 bridgehead atoms. The van der Waals surface area contributed by atoms with Gasteiger partial charge in [0.15, 0.2) is 5.13 Å². The summed E-state index contributed by atoms with van der Waals surface area (Å²) in [6.45, 7) is 8.79. The number of aromatic nitrogens is 1. The molecule has 1 aromatic heterocycles. The van der Waals surface area contributed by atoms with Crippen LogP contribution in [-0.2, 0) is 11.3 Å². The van der Waals surface area contributed by atoms with Gasteiger partial charge in [-0.25, -0.2) is 9.37 Å². The van der Waals surface area contributed by atoms with Crippen LogP contribution in [0.5, 0.6) is 0 Å². The van der Waals surface area contributed by atoms with Crippen LogP contribution in [0.4, 0.5) is 15.2 Å². The van der Waals surface area contributed by atoms with Crippen LogP contribution in [0.3, 0.4) is 0 Å². The van der Waals surface area contributed by atoms with Crippen molar-refractivity contribution < 1.29 is 9.18 Å². The minimum Gasteiger partial charge on any atom is -0.362 e. The summed E-state index contributed by atoms with van der Waals surface area (Å²) in [5, 5.41) is 5.93. The van der Waals surface area contributed by atoms with Gasteiger partial charge in [0, 0.05) is 23.0 Å². The maximum atomic E-state index is 13.2. The van der Waals surface area contributed by atoms with Gasteiger partial charge in [0.05, 0.1) is 12.2 Å². The highest BCUT2D eigenvalue weighted by Crippen LogP contribution is 2.26. The summed E-state index contributed by atoms with van der Waals surface area (Å²) in [5.74, 6) is -0.345. The molecule has 23 heavy (non-hydrogen) atoms. The third kappa shape index (κ3) is 4.51. The molecule has 1 aromatic carbocycles. The Labute approximate surface area is 140 Å². The van der Waals surface area contributed by atoms with Crippen molar-refractivity contribution >= 4 is 28.1 Å². The molecule has 0 saturated heterocycles. The van der Waals surface area contributed by atoms with E-state index in [0.717, 1.165) is 17.4 Å². The lowest BCUT2D eigenvalue weighted by Gasteiger charge is -2.29. The average Bonchev–Trinajstić information content (AvgIpc) is 2.92. The zero-order valence-electron chi connectivity index (χ0n) is 13.9. The summed E-state index contributed by atoms with van der Waals surface area (Å²) in [6.07, 6.45) is 0. The summed E-state index contributed by atoms with van der Waals surface area (Å²) >= 11 is 1.51. The molecule has 1 N–H and O–H groups in total. The Morgan fingerprint density at radius 1 is 1.30 bits per heavy atom. The number of anilines is 2. The summed E-state index contributed by atoms with van der Waals surface area (Å²) in [6, 6.07) is 5.97. The summed E-state index contributed by atoms with van der Waals surface area (Å²) in [7, 11) is 0. The Kier molecular flexibility index (Phi) is 5.36. The molecule has 1 heterocycles. The first-order valence-corrected chi connectivity index (χ1v) is 8.45. The van der Waals surface area contributed by atoms with Crippen LogP contribution in [-0.4, -0.2) is 17.4 Å². The van der Waals surface area contributed by atoms with Crippen LogP contribution in [0.2, 0.25) is 0 Å². The molecule has 1 amide bonds. The fourth-order valence-corrected chi connectivity index (χ4v) is 2.85. The number of thiazole rings is 1. The van der Waals surface area contributed by atoms with E-state index >= 15 is 0 Å². The Bertz CT molecular complexity index is 661. The minimum absolute atomic E-state index is 0.0258. The monoisotopic (exact) mass is 335 g/mol. The number of halogens is 1. The van der Waals surface area contributed by atoms with E-state index in [1.807, 2.05) is 33.1 Å². The first kappa shape index (κ1) is 17.4. The topological polar surface area (TPSA) is 45.2 Å². The number of nitrogens with one attached hydrogen (secondary N) is 1. The SMILES string of the molecule is CCNc1nc(CN(C(=O)C(C)(C)C)c2ccc(F)cc2)cs1. The number of nitrogens with zero attached hydrogens (tertiary/aromatic N) is 2. The molecule has 0 atom stereocenters. The van der Waals surface area contributed by atoms with Crippen molar-refractivity contribution in [2.75, 3.05) is 16.8 Å². The van der Waals surface area contributed by atoms with Crippen molar-refractivity contribution in [1.82, 2.24) is 4.98 Å². The molecule has 0 unspecified atom stereocenters. The van der Waals surface area contributed by atoms with Gasteiger partial charge in [0.2, 0.25) is 5.91 Å². The molecule has 0 aliphatic heterocycles. The van der Waals surface area contributed by atoms with Crippen molar-refractivity contribution in [3.8, 4) is 0 Å². The van der Waals surface area contributed by atoms with Crippen LogP contribution in [0.1, 0.15) is 33.4 Å². The number of rotatable bonds is 5. The normalized spacial score (nSPS) is 11.3. The largest absolute Gasteiger partial charge is 0.362 e. The maximum Gasteiger partial charge on any atom is 0.232 e. The second kappa shape index (κ2) is 7.08. The molecule has 0 aliphatic rings. The van der Waals surface area contributed by atoms with Crippen LogP contribution >= 0.6 is 11.3 Å². The fraction of sp³-hybridized carbons (Fsp3) is 0.412. The third-order valence-corrected chi connectivity index (χ3v) is 4.07. The molecule has 0 aliphatic carbocycles. The van der Waals surface area contributed by atoms with Gasteiger partial charge in [-0.1, -0.05) is 20.8 Å². The van der Waals surface area contributed by atoms with Crippen molar-refractivity contribution in [2.45, 2.75) is 34.2 Å². The number of carbonyl (C=O) groups excluding carboxylic acids is 1. The molecule has 4 nitrogen and oxygen atoms in total. The maximum absolute atomic E-state index is 13.2. The van der Waals surface area contributed by atoms with Gasteiger partial charge in [-0.05, 0) is 31.2 Å². The summed E-state index contributed by atoms with van der Waals surface area (Å²) in [4.78, 5) is 18.9. The standard InChI is InChI=1S/C17H22FN3OS/c1-5-19-16-20-13(11-23-16)10-21(15(22)17(2,3)4)14-8-6-12(18)7-9-14/h6-9,11H,5,10H2,1-4H3,(H,19,20). The lowest BCUT2D eigenvalue weighted by Crippen LogP contribution is -2.39. The van der Waals surface area contributed by atoms with E-state index in [1.165, 1.54) is 23.5 Å². The Hall–Kier alpha value is -1.95. The summed E-state index contributed by atoms with van der Waals surface area (Å²) < 4.78 is 13.2. The predicted molar refractivity (Wildman–Crippen MR) is 93.3 cm³/mol. The van der Waals surface area contributed by atoms with Gasteiger partial charge in [0.1, 0.15) is 5.82 Å². The van der Waals surface area contributed by atoms with E-state index in [9.17, 15) is 9.18 Å². The molecule has 0 spiro atoms. The molecule has 0 saturated carbocycles. The zero-order chi connectivity index (χ0) is 17.0. The smallest absolute Gasteiger partial charge is 0.232 e. The van der Waals surface area contributed by atoms with E-state index in [1.54, 1.807) is 17.0 Å². The highest BCUT2D eigenvalue weighted by Gasteiger charge is 2.29. The van der Waals surface area contributed by atoms with E-state index in [2.05, 4.69) is 10.3 Å². The molecule has 0 radical (unpaired) electrons. The Balaban J connectivity index is 2.29. The minimum atomic E-state index is -0.533. The van der Waals surface area contributed by atoms with Crippen LogP contribution < -0.4 is 10.2 Å². The van der Waals surface area contributed by atoms with Gasteiger partial charge in [0.25, 0.3) is 0 Å². The van der Waals surface area contributed by atoms with Crippen molar-refractivity contribution in [3.05, 3.63) is 41.2 Å². The number of amides is 1. The molecule has 6 heteroatoms. The average molecular weight is 335 g/mol. The van der Waals surface area contributed by atoms with E-state index in [4.69, 9.17) is 0 Å². The molecule has 0 fully saturated rings. The first-order valence-electron chi connectivity index (χ1n) is 7.57. The van der Waals surface area contributed by atoms with Gasteiger partial charge in [-0.15, -0.1) is 11.3 Å². The van der Waals surface area contributed by atoms with Crippen LogP contribution in [0.25, 0.3) is 0 Å². The van der Waals surface area contributed by atoms with Crippen molar-refractivity contribution in [2.24, 2.45) is 5.41 Å².